The molecule has 0 N–H and O–H groups in total. The highest BCUT2D eigenvalue weighted by atomic mass is 32.2. The average molecular weight is 471 g/mol. The van der Waals surface area contributed by atoms with Crippen LogP contribution in [0.25, 0.3) is 11.7 Å². The Morgan fingerprint density at radius 3 is 2.66 bits per heavy atom. The summed E-state index contributed by atoms with van der Waals surface area (Å²) in [7, 11) is 0. The summed E-state index contributed by atoms with van der Waals surface area (Å²) >= 11 is 6.73. The summed E-state index contributed by atoms with van der Waals surface area (Å²) in [6.45, 7) is 10.8. The fraction of sp³-hybridized carbons (Fsp3) is 0.500. The summed E-state index contributed by atoms with van der Waals surface area (Å²) < 4.78 is 2.14. The number of rotatable bonds is 5. The second kappa shape index (κ2) is 9.35. The highest BCUT2D eigenvalue weighted by molar-refractivity contribution is 8.26. The summed E-state index contributed by atoms with van der Waals surface area (Å²) in [6.07, 6.45) is 6.50. The highest BCUT2D eigenvalue weighted by Crippen LogP contribution is 2.34. The molecule has 2 saturated heterocycles. The van der Waals surface area contributed by atoms with Gasteiger partial charge in [-0.2, -0.15) is 0 Å². The van der Waals surface area contributed by atoms with Crippen LogP contribution in [0.15, 0.2) is 28.0 Å². The molecule has 1 amide bonds. The van der Waals surface area contributed by atoms with Gasteiger partial charge in [-0.05, 0) is 49.3 Å². The molecular formula is C24H30N4O2S2. The van der Waals surface area contributed by atoms with Gasteiger partial charge in [0.15, 0.2) is 0 Å². The fourth-order valence-electron chi connectivity index (χ4n) is 4.64. The van der Waals surface area contributed by atoms with Gasteiger partial charge < -0.3 is 4.90 Å². The topological polar surface area (TPSA) is 57.9 Å². The van der Waals surface area contributed by atoms with Crippen LogP contribution in [-0.2, 0) is 4.79 Å². The van der Waals surface area contributed by atoms with Crippen molar-refractivity contribution in [1.82, 2.24) is 14.3 Å². The lowest BCUT2D eigenvalue weighted by Gasteiger charge is -2.36. The van der Waals surface area contributed by atoms with Crippen molar-refractivity contribution >= 4 is 51.7 Å². The molecule has 6 nitrogen and oxygen atoms in total. The molecule has 4 rings (SSSR count). The van der Waals surface area contributed by atoms with Crippen molar-refractivity contribution < 1.29 is 4.79 Å². The van der Waals surface area contributed by atoms with Gasteiger partial charge in [-0.1, -0.05) is 57.2 Å². The highest BCUT2D eigenvalue weighted by Gasteiger charge is 2.33. The lowest BCUT2D eigenvalue weighted by molar-refractivity contribution is -0.122. The van der Waals surface area contributed by atoms with E-state index in [9.17, 15) is 9.59 Å². The largest absolute Gasteiger partial charge is 0.355 e. The molecular weight excluding hydrogens is 440 g/mol. The Morgan fingerprint density at radius 2 is 1.97 bits per heavy atom. The normalized spacial score (nSPS) is 23.1. The van der Waals surface area contributed by atoms with Crippen molar-refractivity contribution in [1.29, 1.82) is 0 Å². The molecule has 32 heavy (non-hydrogen) atoms. The van der Waals surface area contributed by atoms with Crippen LogP contribution in [0.1, 0.15) is 51.2 Å². The number of aryl methyl sites for hydroxylation is 1. The zero-order valence-electron chi connectivity index (χ0n) is 19.1. The van der Waals surface area contributed by atoms with E-state index < -0.39 is 0 Å². The van der Waals surface area contributed by atoms with Gasteiger partial charge in [0.05, 0.1) is 10.5 Å². The summed E-state index contributed by atoms with van der Waals surface area (Å²) in [6, 6.07) is 3.82. The number of nitrogens with zero attached hydrogens (tertiary/aromatic N) is 4. The van der Waals surface area contributed by atoms with Crippen molar-refractivity contribution in [2.24, 2.45) is 11.8 Å². The van der Waals surface area contributed by atoms with Crippen molar-refractivity contribution in [3.63, 3.8) is 0 Å². The number of hydrogen-bond acceptors (Lipinski definition) is 6. The minimum Gasteiger partial charge on any atom is -0.355 e. The summed E-state index contributed by atoms with van der Waals surface area (Å²) in [5.41, 5.74) is 1.91. The zero-order chi connectivity index (χ0) is 23.0. The van der Waals surface area contributed by atoms with E-state index in [1.165, 1.54) is 11.8 Å². The summed E-state index contributed by atoms with van der Waals surface area (Å²) in [5.74, 6) is 1.57. The number of thioether (sulfide) groups is 1. The van der Waals surface area contributed by atoms with Crippen LogP contribution in [-0.4, -0.2) is 44.1 Å². The number of fused-ring (bicyclic) bond motifs is 1. The van der Waals surface area contributed by atoms with E-state index in [4.69, 9.17) is 17.2 Å². The third-order valence-corrected chi connectivity index (χ3v) is 7.49. The predicted molar refractivity (Wildman–Crippen MR) is 136 cm³/mol. The van der Waals surface area contributed by atoms with E-state index in [0.717, 1.165) is 37.9 Å². The maximum Gasteiger partial charge on any atom is 0.267 e. The van der Waals surface area contributed by atoms with Crippen molar-refractivity contribution in [3.8, 4) is 0 Å². The Kier molecular flexibility index (Phi) is 6.72. The molecule has 2 atom stereocenters. The molecule has 170 valence electrons. The molecule has 2 unspecified atom stereocenters. The van der Waals surface area contributed by atoms with E-state index in [1.54, 1.807) is 21.6 Å². The van der Waals surface area contributed by atoms with Crippen LogP contribution in [0.2, 0.25) is 0 Å². The van der Waals surface area contributed by atoms with Crippen molar-refractivity contribution in [2.75, 3.05) is 24.5 Å². The van der Waals surface area contributed by atoms with Gasteiger partial charge >= 0.3 is 0 Å². The van der Waals surface area contributed by atoms with Gasteiger partial charge in [0.2, 0.25) is 0 Å². The van der Waals surface area contributed by atoms with Crippen molar-refractivity contribution in [2.45, 2.75) is 47.0 Å². The van der Waals surface area contributed by atoms with Gasteiger partial charge in [-0.15, -0.1) is 0 Å². The van der Waals surface area contributed by atoms with Gasteiger partial charge in [0.25, 0.3) is 11.5 Å². The third kappa shape index (κ3) is 4.35. The molecule has 0 bridgehead atoms. The Labute approximate surface area is 198 Å². The first kappa shape index (κ1) is 23.0. The quantitative estimate of drug-likeness (QED) is 0.474. The number of aromatic nitrogens is 2. The molecule has 0 spiro atoms. The Hall–Kier alpha value is -2.19. The van der Waals surface area contributed by atoms with E-state index in [1.807, 2.05) is 19.1 Å². The number of piperidine rings is 1. The predicted octanol–water partition coefficient (Wildman–Crippen LogP) is 4.49. The molecule has 0 radical (unpaired) electrons. The third-order valence-electron chi connectivity index (χ3n) is 6.12. The summed E-state index contributed by atoms with van der Waals surface area (Å²) in [4.78, 5) is 36.0. The number of pyridine rings is 1. The van der Waals surface area contributed by atoms with Crippen LogP contribution < -0.4 is 10.5 Å². The second-order valence-electron chi connectivity index (χ2n) is 9.08. The standard InChI is InChI=1S/C24H30N4O2S2/c1-5-6-9-28-23(30)19(32-24(28)31)12-18-21(26-13-15(2)11-16(3)14-26)25-20-17(4)8-7-10-27(20)22(18)29/h7-8,10,12,15-16H,5-6,9,11,13-14H2,1-4H3/b19-12+. The van der Waals surface area contributed by atoms with Crippen LogP contribution >= 0.6 is 24.0 Å². The maximum atomic E-state index is 13.6. The summed E-state index contributed by atoms with van der Waals surface area (Å²) in [5, 5.41) is 0. The molecule has 2 fully saturated rings. The first-order valence-electron chi connectivity index (χ1n) is 11.3. The molecule has 2 aromatic heterocycles. The first-order valence-corrected chi connectivity index (χ1v) is 12.5. The van der Waals surface area contributed by atoms with E-state index in [0.29, 0.717) is 44.6 Å². The number of hydrogen-bond donors (Lipinski definition) is 0. The molecule has 0 aliphatic carbocycles. The van der Waals surface area contributed by atoms with Gasteiger partial charge in [0.1, 0.15) is 15.8 Å². The molecule has 8 heteroatoms. The monoisotopic (exact) mass is 470 g/mol. The smallest absolute Gasteiger partial charge is 0.267 e. The van der Waals surface area contributed by atoms with Gasteiger partial charge in [-0.25, -0.2) is 4.98 Å². The number of thiocarbonyl (C=S) groups is 1. The second-order valence-corrected chi connectivity index (χ2v) is 10.8. The van der Waals surface area contributed by atoms with Crippen LogP contribution in [0, 0.1) is 18.8 Å². The Balaban J connectivity index is 1.85. The van der Waals surface area contributed by atoms with Gasteiger partial charge in [-0.3, -0.25) is 18.9 Å². The Morgan fingerprint density at radius 1 is 1.25 bits per heavy atom. The minimum absolute atomic E-state index is 0.117. The first-order chi connectivity index (χ1) is 15.3. The average Bonchev–Trinajstić information content (AvgIpc) is 3.00. The lowest BCUT2D eigenvalue weighted by atomic mass is 9.91. The van der Waals surface area contributed by atoms with Crippen LogP contribution in [0.4, 0.5) is 5.82 Å². The van der Waals surface area contributed by atoms with Crippen molar-refractivity contribution in [3.05, 3.63) is 44.7 Å². The van der Waals surface area contributed by atoms with Crippen LogP contribution in [0.5, 0.6) is 0 Å². The minimum atomic E-state index is -0.154. The number of unbranched alkanes of at least 4 members (excludes halogenated alkanes) is 1. The van der Waals surface area contributed by atoms with Gasteiger partial charge in [0, 0.05) is 25.8 Å². The molecule has 0 saturated carbocycles. The molecule has 4 heterocycles. The number of anilines is 1. The molecule has 2 aliphatic rings. The maximum absolute atomic E-state index is 13.6. The number of carbonyl (C=O) groups excluding carboxylic acids is 1. The number of amides is 1. The van der Waals surface area contributed by atoms with E-state index in [-0.39, 0.29) is 11.5 Å². The van der Waals surface area contributed by atoms with E-state index >= 15 is 0 Å². The van der Waals surface area contributed by atoms with Crippen LogP contribution in [0.3, 0.4) is 0 Å². The molecule has 2 aromatic rings. The lowest BCUT2D eigenvalue weighted by Crippen LogP contribution is -2.40. The zero-order valence-corrected chi connectivity index (χ0v) is 20.8. The SMILES string of the molecule is CCCCN1C(=O)/C(=C\c2c(N3CC(C)CC(C)C3)nc3c(C)cccn3c2=O)SC1=S. The molecule has 0 aromatic carbocycles. The Bertz CT molecular complexity index is 1150. The van der Waals surface area contributed by atoms with E-state index in [2.05, 4.69) is 25.7 Å². The fourth-order valence-corrected chi connectivity index (χ4v) is 5.93. The number of carbonyl (C=O) groups is 1. The molecule has 2 aliphatic heterocycles.